The highest BCUT2D eigenvalue weighted by Crippen LogP contribution is 2.48. The van der Waals surface area contributed by atoms with Crippen molar-refractivity contribution in [2.24, 2.45) is 11.3 Å². The van der Waals surface area contributed by atoms with E-state index in [1.165, 1.54) is 6.07 Å². The summed E-state index contributed by atoms with van der Waals surface area (Å²) in [5.74, 6) is -1.05. The zero-order valence-corrected chi connectivity index (χ0v) is 14.9. The van der Waals surface area contributed by atoms with Crippen LogP contribution >= 0.6 is 0 Å². The molecule has 6 nitrogen and oxygen atoms in total. The Morgan fingerprint density at radius 2 is 2.23 bits per heavy atom. The lowest BCUT2D eigenvalue weighted by atomic mass is 9.81. The van der Waals surface area contributed by atoms with E-state index in [9.17, 15) is 19.1 Å². The number of carbonyl (C=O) groups is 2. The summed E-state index contributed by atoms with van der Waals surface area (Å²) < 4.78 is 19.3. The highest BCUT2D eigenvalue weighted by molar-refractivity contribution is 5.80. The molecule has 142 valence electrons. The second-order valence-electron chi connectivity index (χ2n) is 7.20. The van der Waals surface area contributed by atoms with Gasteiger partial charge < -0.3 is 20.1 Å². The number of fused-ring (bicyclic) bond motifs is 1. The van der Waals surface area contributed by atoms with Crippen LogP contribution in [0.4, 0.5) is 9.18 Å². The molecule has 1 saturated heterocycles. The number of hydrogen-bond acceptors (Lipinski definition) is 3. The molecule has 1 aromatic carbocycles. The van der Waals surface area contributed by atoms with Crippen molar-refractivity contribution in [1.82, 2.24) is 10.2 Å². The zero-order chi connectivity index (χ0) is 18.7. The molecule has 26 heavy (non-hydrogen) atoms. The molecule has 1 heterocycles. The van der Waals surface area contributed by atoms with Crippen LogP contribution in [0.5, 0.6) is 5.75 Å². The second kappa shape index (κ2) is 7.51. The molecule has 0 radical (unpaired) electrons. The van der Waals surface area contributed by atoms with E-state index in [-0.39, 0.29) is 36.9 Å². The maximum Gasteiger partial charge on any atom is 0.317 e. The molecule has 2 aliphatic rings. The Hall–Kier alpha value is -2.31. The fraction of sp³-hybridized carbons (Fsp3) is 0.579. The van der Waals surface area contributed by atoms with Gasteiger partial charge in [-0.3, -0.25) is 4.79 Å². The maximum atomic E-state index is 13.7. The van der Waals surface area contributed by atoms with E-state index in [0.717, 1.165) is 12.8 Å². The van der Waals surface area contributed by atoms with Crippen LogP contribution in [0, 0.1) is 17.2 Å². The number of ether oxygens (including phenoxy) is 1. The molecule has 0 bridgehead atoms. The van der Waals surface area contributed by atoms with Gasteiger partial charge in [0.05, 0.1) is 12.0 Å². The average Bonchev–Trinajstić information content (AvgIpc) is 3.18. The number of rotatable bonds is 6. The summed E-state index contributed by atoms with van der Waals surface area (Å²) in [7, 11) is 0. The SMILES string of the molecule is CCC(CNC(=O)N1C[C@@H]2CCC[C@@]2(C(=O)O)C1)Oc1ccccc1F. The summed E-state index contributed by atoms with van der Waals surface area (Å²) >= 11 is 0. The van der Waals surface area contributed by atoms with Gasteiger partial charge in [0.25, 0.3) is 0 Å². The Kier molecular flexibility index (Phi) is 5.34. The van der Waals surface area contributed by atoms with Crippen LogP contribution in [-0.4, -0.2) is 47.7 Å². The van der Waals surface area contributed by atoms with Crippen LogP contribution in [0.25, 0.3) is 0 Å². The number of nitrogens with zero attached hydrogens (tertiary/aromatic N) is 1. The number of amides is 2. The number of nitrogens with one attached hydrogen (secondary N) is 1. The van der Waals surface area contributed by atoms with Gasteiger partial charge >= 0.3 is 12.0 Å². The van der Waals surface area contributed by atoms with Crippen LogP contribution in [-0.2, 0) is 4.79 Å². The number of carboxylic acid groups (broad SMARTS) is 1. The molecule has 2 N–H and O–H groups in total. The fourth-order valence-electron chi connectivity index (χ4n) is 4.10. The van der Waals surface area contributed by atoms with Crippen LogP contribution in [0.15, 0.2) is 24.3 Å². The molecule has 7 heteroatoms. The molecule has 1 aliphatic heterocycles. The predicted molar refractivity (Wildman–Crippen MR) is 93.5 cm³/mol. The van der Waals surface area contributed by atoms with Crippen molar-refractivity contribution < 1.29 is 23.8 Å². The van der Waals surface area contributed by atoms with Gasteiger partial charge in [0, 0.05) is 13.1 Å². The molecule has 0 spiro atoms. The lowest BCUT2D eigenvalue weighted by Crippen LogP contribution is -2.44. The van der Waals surface area contributed by atoms with Gasteiger partial charge in [-0.15, -0.1) is 0 Å². The third-order valence-corrected chi connectivity index (χ3v) is 5.65. The van der Waals surface area contributed by atoms with Crippen molar-refractivity contribution in [2.75, 3.05) is 19.6 Å². The van der Waals surface area contributed by atoms with Gasteiger partial charge in [-0.05, 0) is 37.3 Å². The summed E-state index contributed by atoms with van der Waals surface area (Å²) in [5, 5.41) is 12.4. The number of hydrogen-bond donors (Lipinski definition) is 2. The number of benzene rings is 1. The third-order valence-electron chi connectivity index (χ3n) is 5.65. The molecule has 2 fully saturated rings. The van der Waals surface area contributed by atoms with E-state index in [0.29, 0.717) is 19.4 Å². The van der Waals surface area contributed by atoms with E-state index >= 15 is 0 Å². The first kappa shape index (κ1) is 18.5. The Morgan fingerprint density at radius 3 is 2.88 bits per heavy atom. The van der Waals surface area contributed by atoms with E-state index < -0.39 is 17.2 Å². The van der Waals surface area contributed by atoms with Crippen molar-refractivity contribution in [3.8, 4) is 5.75 Å². The lowest BCUT2D eigenvalue weighted by molar-refractivity contribution is -0.149. The van der Waals surface area contributed by atoms with Crippen LogP contribution in [0.3, 0.4) is 0 Å². The highest BCUT2D eigenvalue weighted by Gasteiger charge is 2.55. The van der Waals surface area contributed by atoms with E-state index in [1.54, 1.807) is 23.1 Å². The van der Waals surface area contributed by atoms with Crippen LogP contribution < -0.4 is 10.1 Å². The van der Waals surface area contributed by atoms with E-state index in [1.807, 2.05) is 6.92 Å². The molecule has 1 aliphatic carbocycles. The summed E-state index contributed by atoms with van der Waals surface area (Å²) in [6, 6.07) is 5.88. The molecule has 3 rings (SSSR count). The first-order valence-corrected chi connectivity index (χ1v) is 9.13. The van der Waals surface area contributed by atoms with E-state index in [2.05, 4.69) is 5.32 Å². The topological polar surface area (TPSA) is 78.9 Å². The molecule has 0 aromatic heterocycles. The van der Waals surface area contributed by atoms with Crippen molar-refractivity contribution >= 4 is 12.0 Å². The number of carbonyl (C=O) groups excluding carboxylic acids is 1. The van der Waals surface area contributed by atoms with Gasteiger partial charge in [-0.1, -0.05) is 25.5 Å². The number of halogens is 1. The number of aliphatic carboxylic acids is 1. The maximum absolute atomic E-state index is 13.7. The number of likely N-dealkylation sites (tertiary alicyclic amines) is 1. The number of para-hydroxylation sites is 1. The van der Waals surface area contributed by atoms with Gasteiger partial charge in [-0.2, -0.15) is 0 Å². The number of urea groups is 1. The fourth-order valence-corrected chi connectivity index (χ4v) is 4.10. The van der Waals surface area contributed by atoms with Gasteiger partial charge in [0.2, 0.25) is 0 Å². The van der Waals surface area contributed by atoms with Crippen molar-refractivity contribution in [3.63, 3.8) is 0 Å². The summed E-state index contributed by atoms with van der Waals surface area (Å²) in [5.41, 5.74) is -0.787. The van der Waals surface area contributed by atoms with Crippen molar-refractivity contribution in [3.05, 3.63) is 30.1 Å². The molecular weight excluding hydrogens is 339 g/mol. The standard InChI is InChI=1S/C19H25FN2O4/c1-2-14(26-16-8-4-3-7-15(16)20)10-21-18(25)22-11-13-6-5-9-19(13,12-22)17(23)24/h3-4,7-8,13-14H,2,5-6,9-12H2,1H3,(H,21,25)(H,23,24)/t13-,14?,19+/m0/s1. The smallest absolute Gasteiger partial charge is 0.317 e. The second-order valence-corrected chi connectivity index (χ2v) is 7.20. The monoisotopic (exact) mass is 364 g/mol. The molecule has 1 aromatic rings. The van der Waals surface area contributed by atoms with Crippen LogP contribution in [0.1, 0.15) is 32.6 Å². The molecule has 1 saturated carbocycles. The molecule has 2 amide bonds. The normalized spacial score (nSPS) is 25.6. The molecule has 3 atom stereocenters. The quantitative estimate of drug-likeness (QED) is 0.814. The predicted octanol–water partition coefficient (Wildman–Crippen LogP) is 2.88. The lowest BCUT2D eigenvalue weighted by Gasteiger charge is -2.24. The summed E-state index contributed by atoms with van der Waals surface area (Å²) in [4.78, 5) is 25.8. The minimum Gasteiger partial charge on any atom is -0.486 e. The summed E-state index contributed by atoms with van der Waals surface area (Å²) in [6.45, 7) is 2.87. The Labute approximate surface area is 152 Å². The minimum atomic E-state index is -0.801. The van der Waals surface area contributed by atoms with Crippen molar-refractivity contribution in [1.29, 1.82) is 0 Å². The molecular formula is C19H25FN2O4. The highest BCUT2D eigenvalue weighted by atomic mass is 19.1. The largest absolute Gasteiger partial charge is 0.486 e. The first-order valence-electron chi connectivity index (χ1n) is 9.13. The summed E-state index contributed by atoms with van der Waals surface area (Å²) in [6.07, 6.45) is 2.64. The zero-order valence-electron chi connectivity index (χ0n) is 14.9. The Morgan fingerprint density at radius 1 is 1.46 bits per heavy atom. The van der Waals surface area contributed by atoms with Gasteiger partial charge in [0.15, 0.2) is 11.6 Å². The Balaban J connectivity index is 1.55. The molecule has 1 unspecified atom stereocenters. The van der Waals surface area contributed by atoms with Gasteiger partial charge in [0.1, 0.15) is 6.10 Å². The van der Waals surface area contributed by atoms with Crippen LogP contribution in [0.2, 0.25) is 0 Å². The number of carboxylic acids is 1. The van der Waals surface area contributed by atoms with Gasteiger partial charge in [-0.25, -0.2) is 9.18 Å². The van der Waals surface area contributed by atoms with Crippen molar-refractivity contribution in [2.45, 2.75) is 38.7 Å². The minimum absolute atomic E-state index is 0.0300. The first-order chi connectivity index (χ1) is 12.5. The Bertz CT molecular complexity index is 683. The average molecular weight is 364 g/mol. The third kappa shape index (κ3) is 3.48. The van der Waals surface area contributed by atoms with E-state index in [4.69, 9.17) is 4.74 Å².